The summed E-state index contributed by atoms with van der Waals surface area (Å²) in [6, 6.07) is 12.4. The highest BCUT2D eigenvalue weighted by atomic mass is 32.1. The van der Waals surface area contributed by atoms with Gasteiger partial charge in [-0.15, -0.1) is 0 Å². The number of rotatable bonds is 9. The minimum absolute atomic E-state index is 0.118. The van der Waals surface area contributed by atoms with Crippen molar-refractivity contribution < 1.29 is 33.7 Å². The minimum Gasteiger partial charge on any atom is -0.507 e. The van der Waals surface area contributed by atoms with Crippen LogP contribution in [0.2, 0.25) is 0 Å². The lowest BCUT2D eigenvalue weighted by molar-refractivity contribution is -0.132. The highest BCUT2D eigenvalue weighted by Gasteiger charge is 2.48. The predicted molar refractivity (Wildman–Crippen MR) is 143 cm³/mol. The maximum absolute atomic E-state index is 13.4. The van der Waals surface area contributed by atoms with Crippen LogP contribution in [0.3, 0.4) is 0 Å². The third kappa shape index (κ3) is 5.03. The molecule has 0 saturated carbocycles. The number of ether oxygens (including phenoxy) is 3. The summed E-state index contributed by atoms with van der Waals surface area (Å²) < 4.78 is 16.0. The molecule has 1 saturated heterocycles. The van der Waals surface area contributed by atoms with Crippen molar-refractivity contribution in [1.29, 1.82) is 0 Å². The Kier molecular flexibility index (Phi) is 7.92. The maximum Gasteiger partial charge on any atom is 0.350 e. The lowest BCUT2D eigenvalue weighted by atomic mass is 9.95. The molecule has 3 aromatic rings. The van der Waals surface area contributed by atoms with Crippen molar-refractivity contribution in [2.45, 2.75) is 19.9 Å². The molecule has 0 radical (unpaired) electrons. The van der Waals surface area contributed by atoms with Gasteiger partial charge in [0.15, 0.2) is 5.13 Å². The quantitative estimate of drug-likeness (QED) is 0.137. The second-order valence-electron chi connectivity index (χ2n) is 8.20. The van der Waals surface area contributed by atoms with E-state index in [2.05, 4.69) is 11.6 Å². The van der Waals surface area contributed by atoms with Gasteiger partial charge in [0.1, 0.15) is 28.7 Å². The Hall–Kier alpha value is -4.44. The van der Waals surface area contributed by atoms with Crippen LogP contribution in [-0.4, -0.2) is 48.1 Å². The molecule has 1 unspecified atom stereocenters. The number of amides is 1. The van der Waals surface area contributed by atoms with Crippen LogP contribution < -0.4 is 14.4 Å². The van der Waals surface area contributed by atoms with E-state index in [1.54, 1.807) is 61.5 Å². The van der Waals surface area contributed by atoms with Crippen LogP contribution in [0.5, 0.6) is 11.5 Å². The monoisotopic (exact) mass is 534 g/mol. The molecular formula is C28H26N2O7S. The molecular weight excluding hydrogens is 508 g/mol. The van der Waals surface area contributed by atoms with E-state index in [-0.39, 0.29) is 27.9 Å². The summed E-state index contributed by atoms with van der Waals surface area (Å²) in [7, 11) is 1.25. The number of methoxy groups -OCH3 is 1. The van der Waals surface area contributed by atoms with Gasteiger partial charge in [0.2, 0.25) is 0 Å². The first kappa shape index (κ1) is 26.6. The van der Waals surface area contributed by atoms with Crippen LogP contribution in [-0.2, 0) is 14.3 Å². The zero-order valence-corrected chi connectivity index (χ0v) is 21.9. The fourth-order valence-electron chi connectivity index (χ4n) is 4.07. The number of benzene rings is 2. The van der Waals surface area contributed by atoms with Crippen molar-refractivity contribution in [3.63, 3.8) is 0 Å². The summed E-state index contributed by atoms with van der Waals surface area (Å²) in [5.41, 5.74) is 1.08. The summed E-state index contributed by atoms with van der Waals surface area (Å²) in [4.78, 5) is 44.8. The number of ketones is 1. The van der Waals surface area contributed by atoms with E-state index in [1.165, 1.54) is 12.0 Å². The number of Topliss-reactive ketones (excluding diaryl/α,β-unsaturated/α-hetero) is 1. The smallest absolute Gasteiger partial charge is 0.350 e. The molecule has 0 aliphatic carbocycles. The summed E-state index contributed by atoms with van der Waals surface area (Å²) in [5, 5.41) is 11.4. The topological polar surface area (TPSA) is 115 Å². The first-order chi connectivity index (χ1) is 18.3. The lowest BCUT2D eigenvalue weighted by Crippen LogP contribution is -2.29. The molecule has 196 valence electrons. The molecule has 0 spiro atoms. The number of aliphatic hydroxyl groups excluding tert-OH is 1. The van der Waals surface area contributed by atoms with Gasteiger partial charge in [-0.05, 0) is 55.8 Å². The van der Waals surface area contributed by atoms with Gasteiger partial charge in [0.05, 0.1) is 31.0 Å². The van der Waals surface area contributed by atoms with Crippen molar-refractivity contribution in [2.75, 3.05) is 25.2 Å². The first-order valence-corrected chi connectivity index (χ1v) is 12.6. The van der Waals surface area contributed by atoms with Crippen LogP contribution in [0, 0.1) is 6.92 Å². The molecule has 1 atom stereocenters. The predicted octanol–water partition coefficient (Wildman–Crippen LogP) is 4.83. The summed E-state index contributed by atoms with van der Waals surface area (Å²) in [6.07, 6.45) is 1.59. The van der Waals surface area contributed by atoms with E-state index in [0.29, 0.717) is 34.9 Å². The van der Waals surface area contributed by atoms with Gasteiger partial charge in [-0.2, -0.15) is 0 Å². The van der Waals surface area contributed by atoms with E-state index >= 15 is 0 Å². The number of anilines is 1. The van der Waals surface area contributed by atoms with Crippen molar-refractivity contribution in [2.24, 2.45) is 0 Å². The van der Waals surface area contributed by atoms with Crippen LogP contribution in [0.1, 0.15) is 39.5 Å². The number of aromatic nitrogens is 1. The molecule has 2 aromatic carbocycles. The Morgan fingerprint density at radius 2 is 1.89 bits per heavy atom. The Labute approximate surface area is 223 Å². The lowest BCUT2D eigenvalue weighted by Gasteiger charge is -2.23. The number of carbonyl (C=O) groups is 3. The molecule has 1 fully saturated rings. The zero-order valence-electron chi connectivity index (χ0n) is 21.1. The van der Waals surface area contributed by atoms with E-state index in [1.807, 2.05) is 6.92 Å². The molecule has 1 aliphatic heterocycles. The third-order valence-electron chi connectivity index (χ3n) is 5.79. The Bertz CT molecular complexity index is 1430. The molecule has 38 heavy (non-hydrogen) atoms. The average molecular weight is 535 g/mol. The number of aliphatic hydroxyl groups is 1. The Morgan fingerprint density at radius 3 is 2.55 bits per heavy atom. The first-order valence-electron chi connectivity index (χ1n) is 11.7. The van der Waals surface area contributed by atoms with Gasteiger partial charge in [0.25, 0.3) is 5.78 Å². The van der Waals surface area contributed by atoms with E-state index in [4.69, 9.17) is 14.2 Å². The average Bonchev–Trinajstić information content (AvgIpc) is 3.43. The molecule has 1 amide bonds. The van der Waals surface area contributed by atoms with E-state index < -0.39 is 23.7 Å². The molecule has 4 rings (SSSR count). The van der Waals surface area contributed by atoms with Gasteiger partial charge < -0.3 is 19.3 Å². The molecule has 1 aliphatic rings. The Morgan fingerprint density at radius 1 is 1.16 bits per heavy atom. The number of aryl methyl sites for hydroxylation is 1. The molecule has 10 heteroatoms. The maximum atomic E-state index is 13.4. The highest BCUT2D eigenvalue weighted by molar-refractivity contribution is 7.17. The normalized spacial score (nSPS) is 16.4. The van der Waals surface area contributed by atoms with Crippen molar-refractivity contribution >= 4 is 39.9 Å². The highest BCUT2D eigenvalue weighted by Crippen LogP contribution is 2.44. The molecule has 0 bridgehead atoms. The van der Waals surface area contributed by atoms with Crippen LogP contribution in [0.15, 0.2) is 66.8 Å². The number of esters is 1. The summed E-state index contributed by atoms with van der Waals surface area (Å²) in [6.45, 7) is 7.84. The molecule has 1 aromatic heterocycles. The largest absolute Gasteiger partial charge is 0.507 e. The van der Waals surface area contributed by atoms with E-state index in [0.717, 1.165) is 11.3 Å². The number of carbonyl (C=O) groups excluding carboxylic acids is 3. The van der Waals surface area contributed by atoms with Gasteiger partial charge in [0, 0.05) is 5.56 Å². The fraction of sp³-hybridized carbons (Fsp3) is 0.214. The number of hydrogen-bond donors (Lipinski definition) is 1. The second kappa shape index (κ2) is 11.3. The molecule has 1 N–H and O–H groups in total. The summed E-state index contributed by atoms with van der Waals surface area (Å²) in [5.74, 6) is -1.64. The van der Waals surface area contributed by atoms with Crippen LogP contribution in [0.4, 0.5) is 5.13 Å². The van der Waals surface area contributed by atoms with Crippen molar-refractivity contribution in [3.05, 3.63) is 88.5 Å². The van der Waals surface area contributed by atoms with Gasteiger partial charge in [-0.25, -0.2) is 9.78 Å². The zero-order chi connectivity index (χ0) is 27.4. The van der Waals surface area contributed by atoms with E-state index in [9.17, 15) is 19.5 Å². The molecule has 2 heterocycles. The fourth-order valence-corrected chi connectivity index (χ4v) is 5.09. The number of hydrogen-bond acceptors (Lipinski definition) is 9. The second-order valence-corrected chi connectivity index (χ2v) is 9.18. The van der Waals surface area contributed by atoms with Crippen LogP contribution >= 0.6 is 11.3 Å². The number of thiazole rings is 1. The Balaban J connectivity index is 1.89. The van der Waals surface area contributed by atoms with Crippen molar-refractivity contribution in [1.82, 2.24) is 4.98 Å². The number of nitrogens with zero attached hydrogens (tertiary/aromatic N) is 2. The van der Waals surface area contributed by atoms with Gasteiger partial charge in [-0.3, -0.25) is 14.5 Å². The van der Waals surface area contributed by atoms with Gasteiger partial charge in [-0.1, -0.05) is 36.1 Å². The standard InChI is InChI=1S/C28H26N2O7S/c1-5-14-37-20-9-7-8-18(15-20)22-21(23(31)17-10-12-19(13-11-17)36-6-2)24(32)26(33)30(22)28-29-16(3)25(38-28)27(34)35-4/h5,7-13,15,22,31H,1,6,14H2,2-4H3. The minimum atomic E-state index is -1.04. The third-order valence-corrected chi connectivity index (χ3v) is 6.92. The van der Waals surface area contributed by atoms with Gasteiger partial charge >= 0.3 is 11.9 Å². The SMILES string of the molecule is C=CCOc1cccc(C2C(=C(O)c3ccc(OCC)cc3)C(=O)C(=O)N2c2nc(C)c(C(=O)OC)s2)c1. The summed E-state index contributed by atoms with van der Waals surface area (Å²) >= 11 is 0.931. The van der Waals surface area contributed by atoms with Crippen molar-refractivity contribution in [3.8, 4) is 11.5 Å². The van der Waals surface area contributed by atoms with Crippen LogP contribution in [0.25, 0.3) is 5.76 Å². The molecule has 9 nitrogen and oxygen atoms in total.